The number of nitrogens with one attached hydrogen (secondary N) is 1. The van der Waals surface area contributed by atoms with Gasteiger partial charge in [0, 0.05) is 25.8 Å². The first kappa shape index (κ1) is 13.1. The number of hydrogen-bond acceptors (Lipinski definition) is 5. The molecule has 0 aliphatic carbocycles. The van der Waals surface area contributed by atoms with Gasteiger partial charge in [-0.3, -0.25) is 9.59 Å². The highest BCUT2D eigenvalue weighted by Crippen LogP contribution is 2.06. The zero-order valence-electron chi connectivity index (χ0n) is 9.55. The van der Waals surface area contributed by atoms with Crippen molar-refractivity contribution in [1.82, 2.24) is 15.5 Å². The van der Waals surface area contributed by atoms with E-state index in [-0.39, 0.29) is 24.7 Å². The lowest BCUT2D eigenvalue weighted by Gasteiger charge is -2.08. The van der Waals surface area contributed by atoms with E-state index >= 15 is 0 Å². The molecule has 1 unspecified atom stereocenters. The average molecular weight is 241 g/mol. The summed E-state index contributed by atoms with van der Waals surface area (Å²) in [4.78, 5) is 25.6. The summed E-state index contributed by atoms with van der Waals surface area (Å²) in [5.41, 5.74) is 0. The van der Waals surface area contributed by atoms with Crippen molar-refractivity contribution in [3.63, 3.8) is 0 Å². The summed E-state index contributed by atoms with van der Waals surface area (Å²) in [7, 11) is 0. The number of carbonyl (C=O) groups is 2. The molecular weight excluding hydrogens is 226 g/mol. The minimum atomic E-state index is -0.892. The van der Waals surface area contributed by atoms with E-state index in [0.29, 0.717) is 18.8 Å². The van der Waals surface area contributed by atoms with Gasteiger partial charge in [-0.25, -0.2) is 0 Å². The number of nitrogens with zero attached hydrogens (tertiary/aromatic N) is 2. The van der Waals surface area contributed by atoms with Gasteiger partial charge in [0.25, 0.3) is 0 Å². The fourth-order valence-electron chi connectivity index (χ4n) is 1.38. The van der Waals surface area contributed by atoms with Crippen molar-refractivity contribution in [2.24, 2.45) is 5.92 Å². The fraction of sp³-hybridized carbons (Fsp3) is 0.600. The molecule has 1 atom stereocenters. The van der Waals surface area contributed by atoms with Gasteiger partial charge in [0.15, 0.2) is 5.82 Å². The van der Waals surface area contributed by atoms with Gasteiger partial charge < -0.3 is 14.9 Å². The van der Waals surface area contributed by atoms with Crippen molar-refractivity contribution in [3.8, 4) is 0 Å². The maximum absolute atomic E-state index is 11.4. The molecule has 1 aromatic rings. The van der Waals surface area contributed by atoms with E-state index in [4.69, 9.17) is 5.11 Å². The van der Waals surface area contributed by atoms with Crippen LogP contribution in [-0.4, -0.2) is 33.7 Å². The third-order valence-electron chi connectivity index (χ3n) is 2.13. The summed E-state index contributed by atoms with van der Waals surface area (Å²) >= 11 is 0. The Morgan fingerprint density at radius 3 is 2.88 bits per heavy atom. The lowest BCUT2D eigenvalue weighted by atomic mass is 10.0. The van der Waals surface area contributed by atoms with Crippen molar-refractivity contribution in [3.05, 3.63) is 12.2 Å². The minimum Gasteiger partial charge on any atom is -0.481 e. The average Bonchev–Trinajstić information content (AvgIpc) is 2.68. The summed E-state index contributed by atoms with van der Waals surface area (Å²) in [6.45, 7) is 2.14. The number of hydrogen-bond donors (Lipinski definition) is 2. The molecule has 0 aliphatic heterocycles. The van der Waals surface area contributed by atoms with E-state index in [1.165, 1.54) is 6.39 Å². The van der Waals surface area contributed by atoms with E-state index in [1.54, 1.807) is 6.92 Å². The Balaban J connectivity index is 2.14. The number of amides is 1. The molecule has 1 rings (SSSR count). The second-order valence-electron chi connectivity index (χ2n) is 3.85. The zero-order chi connectivity index (χ0) is 12.7. The number of carboxylic acid groups (broad SMARTS) is 1. The molecule has 1 aromatic heterocycles. The molecule has 1 heterocycles. The Labute approximate surface area is 98.2 Å². The van der Waals surface area contributed by atoms with Crippen molar-refractivity contribution in [1.29, 1.82) is 0 Å². The number of aliphatic carboxylic acids is 1. The molecule has 0 bridgehead atoms. The van der Waals surface area contributed by atoms with E-state index < -0.39 is 5.97 Å². The quantitative estimate of drug-likeness (QED) is 0.707. The second kappa shape index (κ2) is 6.62. The molecular formula is C10H15N3O4. The highest BCUT2D eigenvalue weighted by atomic mass is 16.5. The van der Waals surface area contributed by atoms with Crippen LogP contribution in [0, 0.1) is 5.92 Å². The van der Waals surface area contributed by atoms with Crippen LogP contribution in [0.2, 0.25) is 0 Å². The maximum Gasteiger partial charge on any atom is 0.303 e. The van der Waals surface area contributed by atoms with Crippen LogP contribution >= 0.6 is 0 Å². The SMILES string of the molecule is CC(CC(=O)O)CC(=O)NCCc1ncon1. The topological polar surface area (TPSA) is 105 Å². The Bertz CT molecular complexity index is 364. The number of rotatable bonds is 7. The highest BCUT2D eigenvalue weighted by Gasteiger charge is 2.12. The van der Waals surface area contributed by atoms with Crippen LogP contribution in [0.25, 0.3) is 0 Å². The van der Waals surface area contributed by atoms with Crippen LogP contribution in [-0.2, 0) is 16.0 Å². The summed E-state index contributed by atoms with van der Waals surface area (Å²) in [5.74, 6) is -0.694. The van der Waals surface area contributed by atoms with E-state index in [9.17, 15) is 9.59 Å². The molecule has 0 aromatic carbocycles. The molecule has 94 valence electrons. The number of aromatic nitrogens is 2. The number of carboxylic acids is 1. The van der Waals surface area contributed by atoms with Crippen LogP contribution in [0.4, 0.5) is 0 Å². The van der Waals surface area contributed by atoms with Crippen LogP contribution in [0.15, 0.2) is 10.9 Å². The van der Waals surface area contributed by atoms with Gasteiger partial charge in [0.1, 0.15) is 0 Å². The molecule has 2 N–H and O–H groups in total. The molecule has 1 amide bonds. The molecule has 0 aliphatic rings. The first-order valence-corrected chi connectivity index (χ1v) is 5.31. The molecule has 7 nitrogen and oxygen atoms in total. The Hall–Kier alpha value is -1.92. The third-order valence-corrected chi connectivity index (χ3v) is 2.13. The summed E-state index contributed by atoms with van der Waals surface area (Å²) in [5, 5.41) is 14.8. The van der Waals surface area contributed by atoms with Gasteiger partial charge >= 0.3 is 5.97 Å². The molecule has 0 saturated heterocycles. The predicted octanol–water partition coefficient (Wildman–Crippen LogP) is 0.229. The van der Waals surface area contributed by atoms with E-state index in [0.717, 1.165) is 0 Å². The predicted molar refractivity (Wildman–Crippen MR) is 57.0 cm³/mol. The molecule has 0 spiro atoms. The summed E-state index contributed by atoms with van der Waals surface area (Å²) < 4.78 is 4.54. The van der Waals surface area contributed by atoms with Crippen molar-refractivity contribution < 1.29 is 19.2 Å². The molecule has 0 fully saturated rings. The minimum absolute atomic E-state index is 0.00172. The summed E-state index contributed by atoms with van der Waals surface area (Å²) in [6, 6.07) is 0. The van der Waals surface area contributed by atoms with Gasteiger partial charge in [0.05, 0.1) is 0 Å². The van der Waals surface area contributed by atoms with Crippen molar-refractivity contribution in [2.45, 2.75) is 26.2 Å². The van der Waals surface area contributed by atoms with Crippen molar-refractivity contribution >= 4 is 11.9 Å². The zero-order valence-corrected chi connectivity index (χ0v) is 9.55. The van der Waals surface area contributed by atoms with Crippen LogP contribution in [0.3, 0.4) is 0 Å². The molecule has 0 radical (unpaired) electrons. The van der Waals surface area contributed by atoms with Gasteiger partial charge in [-0.15, -0.1) is 0 Å². The van der Waals surface area contributed by atoms with E-state index in [1.807, 2.05) is 0 Å². The lowest BCUT2D eigenvalue weighted by Crippen LogP contribution is -2.27. The normalized spacial score (nSPS) is 12.1. The smallest absolute Gasteiger partial charge is 0.303 e. The van der Waals surface area contributed by atoms with Crippen LogP contribution in [0.5, 0.6) is 0 Å². The lowest BCUT2D eigenvalue weighted by molar-refractivity contribution is -0.138. The monoisotopic (exact) mass is 241 g/mol. The third kappa shape index (κ3) is 5.64. The second-order valence-corrected chi connectivity index (χ2v) is 3.85. The van der Waals surface area contributed by atoms with Gasteiger partial charge in [-0.2, -0.15) is 4.98 Å². The van der Waals surface area contributed by atoms with Crippen molar-refractivity contribution in [2.75, 3.05) is 6.54 Å². The van der Waals surface area contributed by atoms with Gasteiger partial charge in [0.2, 0.25) is 12.3 Å². The fourth-order valence-corrected chi connectivity index (χ4v) is 1.38. The Morgan fingerprint density at radius 1 is 1.53 bits per heavy atom. The first-order chi connectivity index (χ1) is 8.08. The molecule has 7 heteroatoms. The van der Waals surface area contributed by atoms with E-state index in [2.05, 4.69) is 20.0 Å². The number of carbonyl (C=O) groups excluding carboxylic acids is 1. The first-order valence-electron chi connectivity index (χ1n) is 5.31. The Morgan fingerprint density at radius 2 is 2.29 bits per heavy atom. The Kier molecular flexibility index (Phi) is 5.12. The largest absolute Gasteiger partial charge is 0.481 e. The standard InChI is InChI=1S/C10H15N3O4/c1-7(5-10(15)16)4-9(14)11-3-2-8-12-6-17-13-8/h6-7H,2-5H2,1H3,(H,11,14)(H,15,16). The highest BCUT2D eigenvalue weighted by molar-refractivity contribution is 5.77. The van der Waals surface area contributed by atoms with Crippen LogP contribution in [0.1, 0.15) is 25.6 Å². The van der Waals surface area contributed by atoms with Gasteiger partial charge in [-0.05, 0) is 5.92 Å². The van der Waals surface area contributed by atoms with Gasteiger partial charge in [-0.1, -0.05) is 12.1 Å². The maximum atomic E-state index is 11.4. The van der Waals surface area contributed by atoms with Crippen LogP contribution < -0.4 is 5.32 Å². The molecule has 0 saturated carbocycles. The molecule has 17 heavy (non-hydrogen) atoms. The summed E-state index contributed by atoms with van der Waals surface area (Å²) in [6.07, 6.45) is 1.93.